The summed E-state index contributed by atoms with van der Waals surface area (Å²) in [7, 11) is 2.05. The molecule has 1 atom stereocenters. The van der Waals surface area contributed by atoms with Crippen molar-refractivity contribution in [3.05, 3.63) is 33.9 Å². The summed E-state index contributed by atoms with van der Waals surface area (Å²) in [6.45, 7) is 9.46. The second-order valence-electron chi connectivity index (χ2n) is 6.21. The zero-order chi connectivity index (χ0) is 15.5. The highest BCUT2D eigenvalue weighted by Gasteiger charge is 2.24. The molecule has 0 amide bonds. The first-order valence-corrected chi connectivity index (χ1v) is 6.61. The average molecular weight is 280 g/mol. The standard InChI is InChI=1S/C14H24N4O2/c1-10(14(2,3)4)17(5)9-11-6-7-13(18(19)20)12(8-11)16-15/h6-8,10,16H,9,15H2,1-5H3. The summed E-state index contributed by atoms with van der Waals surface area (Å²) in [4.78, 5) is 12.6. The molecule has 0 fully saturated rings. The highest BCUT2D eigenvalue weighted by molar-refractivity contribution is 5.62. The molecule has 112 valence electrons. The monoisotopic (exact) mass is 280 g/mol. The number of nitro benzene ring substituents is 1. The van der Waals surface area contributed by atoms with E-state index >= 15 is 0 Å². The van der Waals surface area contributed by atoms with E-state index in [0.29, 0.717) is 18.3 Å². The summed E-state index contributed by atoms with van der Waals surface area (Å²) in [5.74, 6) is 5.35. The SMILES string of the molecule is CC(N(C)Cc1ccc([N+](=O)[O-])c(NN)c1)C(C)(C)C. The highest BCUT2D eigenvalue weighted by Crippen LogP contribution is 2.27. The van der Waals surface area contributed by atoms with Crippen molar-refractivity contribution in [2.45, 2.75) is 40.3 Å². The van der Waals surface area contributed by atoms with Gasteiger partial charge in [-0.3, -0.25) is 20.9 Å². The molecule has 6 heteroatoms. The Balaban J connectivity index is 2.91. The third-order valence-corrected chi connectivity index (χ3v) is 3.76. The molecule has 1 aromatic rings. The van der Waals surface area contributed by atoms with Gasteiger partial charge in [-0.15, -0.1) is 0 Å². The summed E-state index contributed by atoms with van der Waals surface area (Å²) < 4.78 is 0. The van der Waals surface area contributed by atoms with Gasteiger partial charge in [-0.25, -0.2) is 0 Å². The van der Waals surface area contributed by atoms with Crippen LogP contribution >= 0.6 is 0 Å². The predicted molar refractivity (Wildman–Crippen MR) is 81.3 cm³/mol. The Kier molecular flexibility index (Phi) is 5.08. The smallest absolute Gasteiger partial charge is 0.293 e. The lowest BCUT2D eigenvalue weighted by molar-refractivity contribution is -0.384. The van der Waals surface area contributed by atoms with Crippen LogP contribution in [0.5, 0.6) is 0 Å². The van der Waals surface area contributed by atoms with Crippen molar-refractivity contribution in [1.82, 2.24) is 4.90 Å². The Bertz CT molecular complexity index is 483. The summed E-state index contributed by atoms with van der Waals surface area (Å²) in [6, 6.07) is 5.36. The van der Waals surface area contributed by atoms with Gasteiger partial charge in [-0.05, 0) is 31.0 Å². The van der Waals surface area contributed by atoms with Crippen molar-refractivity contribution in [3.63, 3.8) is 0 Å². The van der Waals surface area contributed by atoms with E-state index in [4.69, 9.17) is 5.84 Å². The maximum Gasteiger partial charge on any atom is 0.293 e. The van der Waals surface area contributed by atoms with E-state index in [1.54, 1.807) is 12.1 Å². The molecule has 3 N–H and O–H groups in total. The first kappa shape index (κ1) is 16.4. The molecule has 0 bridgehead atoms. The number of nitrogens with two attached hydrogens (primary N) is 1. The fraction of sp³-hybridized carbons (Fsp3) is 0.571. The van der Waals surface area contributed by atoms with Crippen LogP contribution in [0.25, 0.3) is 0 Å². The van der Waals surface area contributed by atoms with Gasteiger partial charge < -0.3 is 5.43 Å². The van der Waals surface area contributed by atoms with Crippen molar-refractivity contribution in [2.24, 2.45) is 11.3 Å². The lowest BCUT2D eigenvalue weighted by Crippen LogP contribution is -2.38. The molecule has 0 aliphatic heterocycles. The van der Waals surface area contributed by atoms with E-state index in [9.17, 15) is 10.1 Å². The van der Waals surface area contributed by atoms with Crippen LogP contribution in [0.1, 0.15) is 33.3 Å². The summed E-state index contributed by atoms with van der Waals surface area (Å²) in [5, 5.41) is 10.9. The Labute approximate surface area is 120 Å². The van der Waals surface area contributed by atoms with Crippen molar-refractivity contribution >= 4 is 11.4 Å². The minimum absolute atomic E-state index is 0.0113. The van der Waals surface area contributed by atoms with Crippen molar-refractivity contribution < 1.29 is 4.92 Å². The molecular weight excluding hydrogens is 256 g/mol. The molecule has 6 nitrogen and oxygen atoms in total. The topological polar surface area (TPSA) is 84.4 Å². The lowest BCUT2D eigenvalue weighted by atomic mass is 9.87. The zero-order valence-electron chi connectivity index (χ0n) is 12.8. The third-order valence-electron chi connectivity index (χ3n) is 3.76. The van der Waals surface area contributed by atoms with Crippen LogP contribution in [-0.4, -0.2) is 22.9 Å². The molecule has 1 unspecified atom stereocenters. The molecule has 0 saturated heterocycles. The number of hydrogen-bond acceptors (Lipinski definition) is 5. The Hall–Kier alpha value is -1.66. The van der Waals surface area contributed by atoms with E-state index < -0.39 is 4.92 Å². The van der Waals surface area contributed by atoms with Gasteiger partial charge in [0.2, 0.25) is 0 Å². The van der Waals surface area contributed by atoms with Gasteiger partial charge in [0.05, 0.1) is 4.92 Å². The molecule has 1 aromatic carbocycles. The third kappa shape index (κ3) is 3.91. The normalized spacial score (nSPS) is 13.3. The number of nitrogens with zero attached hydrogens (tertiary/aromatic N) is 2. The molecule has 0 saturated carbocycles. The van der Waals surface area contributed by atoms with Crippen molar-refractivity contribution in [2.75, 3.05) is 12.5 Å². The maximum absolute atomic E-state index is 10.9. The quantitative estimate of drug-likeness (QED) is 0.492. The molecule has 0 spiro atoms. The van der Waals surface area contributed by atoms with Crippen LogP contribution in [0.3, 0.4) is 0 Å². The molecule has 0 aliphatic rings. The minimum atomic E-state index is -0.444. The number of anilines is 1. The molecule has 0 aliphatic carbocycles. The summed E-state index contributed by atoms with van der Waals surface area (Å²) in [6.07, 6.45) is 0. The number of nitrogens with one attached hydrogen (secondary N) is 1. The van der Waals surface area contributed by atoms with Crippen LogP contribution in [0, 0.1) is 15.5 Å². The maximum atomic E-state index is 10.9. The van der Waals surface area contributed by atoms with Crippen LogP contribution in [-0.2, 0) is 6.54 Å². The van der Waals surface area contributed by atoms with E-state index in [1.165, 1.54) is 6.07 Å². The van der Waals surface area contributed by atoms with Gasteiger partial charge in [-0.2, -0.15) is 0 Å². The number of rotatable bonds is 5. The number of nitro groups is 1. The van der Waals surface area contributed by atoms with E-state index in [1.807, 2.05) is 7.05 Å². The van der Waals surface area contributed by atoms with Crippen LogP contribution in [0.15, 0.2) is 18.2 Å². The number of nitrogen functional groups attached to an aromatic ring is 1. The van der Waals surface area contributed by atoms with Gasteiger partial charge in [0.15, 0.2) is 0 Å². The van der Waals surface area contributed by atoms with Crippen LogP contribution in [0.2, 0.25) is 0 Å². The fourth-order valence-electron chi connectivity index (χ4n) is 2.04. The predicted octanol–water partition coefficient (Wildman–Crippen LogP) is 2.75. The second-order valence-corrected chi connectivity index (χ2v) is 6.21. The number of benzene rings is 1. The zero-order valence-corrected chi connectivity index (χ0v) is 12.8. The molecule has 0 aromatic heterocycles. The highest BCUT2D eigenvalue weighted by atomic mass is 16.6. The van der Waals surface area contributed by atoms with E-state index in [2.05, 4.69) is 38.0 Å². The van der Waals surface area contributed by atoms with Gasteiger partial charge in [0, 0.05) is 18.7 Å². The lowest BCUT2D eigenvalue weighted by Gasteiger charge is -2.35. The first-order valence-electron chi connectivity index (χ1n) is 6.61. The van der Waals surface area contributed by atoms with E-state index in [-0.39, 0.29) is 11.1 Å². The number of hydrazine groups is 1. The van der Waals surface area contributed by atoms with E-state index in [0.717, 1.165) is 5.56 Å². The largest absolute Gasteiger partial charge is 0.318 e. The molecule has 1 rings (SSSR count). The fourth-order valence-corrected chi connectivity index (χ4v) is 2.04. The average Bonchev–Trinajstić information content (AvgIpc) is 2.36. The summed E-state index contributed by atoms with van der Waals surface area (Å²) >= 11 is 0. The van der Waals surface area contributed by atoms with Gasteiger partial charge in [0.25, 0.3) is 5.69 Å². The van der Waals surface area contributed by atoms with Gasteiger partial charge in [0.1, 0.15) is 5.69 Å². The van der Waals surface area contributed by atoms with Crippen molar-refractivity contribution in [3.8, 4) is 0 Å². The first-order chi connectivity index (χ1) is 9.16. The molecule has 0 radical (unpaired) electrons. The van der Waals surface area contributed by atoms with Crippen LogP contribution in [0.4, 0.5) is 11.4 Å². The minimum Gasteiger partial charge on any atom is -0.318 e. The molecular formula is C14H24N4O2. The molecule has 0 heterocycles. The molecule has 20 heavy (non-hydrogen) atoms. The van der Waals surface area contributed by atoms with Crippen molar-refractivity contribution in [1.29, 1.82) is 0 Å². The van der Waals surface area contributed by atoms with Gasteiger partial charge >= 0.3 is 0 Å². The second kappa shape index (κ2) is 6.19. The Morgan fingerprint density at radius 3 is 2.50 bits per heavy atom. The summed E-state index contributed by atoms with van der Waals surface area (Å²) in [5.41, 5.74) is 3.88. The Morgan fingerprint density at radius 1 is 1.45 bits per heavy atom. The number of hydrogen-bond donors (Lipinski definition) is 2. The van der Waals surface area contributed by atoms with Gasteiger partial charge in [-0.1, -0.05) is 26.8 Å². The van der Waals surface area contributed by atoms with Crippen LogP contribution < -0.4 is 11.3 Å². The Morgan fingerprint density at radius 2 is 2.05 bits per heavy atom.